The fraction of sp³-hybridized carbons (Fsp3) is 0.406. The number of aromatic nitrogens is 3. The molecular weight excluding hydrogens is 456 g/mol. The Kier molecular flexibility index (Phi) is 10.0. The molecule has 0 unspecified atom stereocenters. The second-order valence-electron chi connectivity index (χ2n) is 9.79. The fourth-order valence-electron chi connectivity index (χ4n) is 4.62. The summed E-state index contributed by atoms with van der Waals surface area (Å²) in [5.41, 5.74) is 9.06. The topological polar surface area (TPSA) is 51.0 Å². The number of fused-ring (bicyclic) bond motifs is 1. The molecular formula is C32H42N4O. The van der Waals surface area contributed by atoms with Crippen molar-refractivity contribution < 1.29 is 0 Å². The molecule has 0 saturated carbocycles. The van der Waals surface area contributed by atoms with E-state index >= 15 is 0 Å². The summed E-state index contributed by atoms with van der Waals surface area (Å²) in [5, 5.41) is 0. The van der Waals surface area contributed by atoms with Gasteiger partial charge in [0.15, 0.2) is 0 Å². The minimum absolute atomic E-state index is 0.0389. The summed E-state index contributed by atoms with van der Waals surface area (Å²) in [5.74, 6) is 0.679. The second kappa shape index (κ2) is 13.2. The van der Waals surface area contributed by atoms with Gasteiger partial charge < -0.3 is 4.90 Å². The summed E-state index contributed by atoms with van der Waals surface area (Å²) in [6, 6.07) is 3.87. The zero-order valence-corrected chi connectivity index (χ0v) is 23.6. The van der Waals surface area contributed by atoms with Gasteiger partial charge in [0.1, 0.15) is 5.82 Å². The van der Waals surface area contributed by atoms with Crippen LogP contribution in [0.1, 0.15) is 82.2 Å². The SMILES string of the molecule is C\C=C(/C=C\C(C)=C\CCC)c1cnc2c(c1)CN(C(=C\CC)/C(C)=C\c1nc(C)cc(=O)n1C)CC2. The standard InChI is InChI=1S/C32H42N4O/c1-8-11-13-23(4)14-15-26(10-3)27-20-28-22-36(17-16-29(28)33-21-27)30(12-9-2)24(5)18-31-34-25(6)19-32(37)35(31)7/h10,12-15,18-21H,8-9,11,16-17,22H2,1-7H3/b15-14-,23-13+,24-18-,26-10+,30-12-. The maximum Gasteiger partial charge on any atom is 0.253 e. The normalized spacial score (nSPS) is 15.5. The molecule has 5 heteroatoms. The van der Waals surface area contributed by atoms with Crippen LogP contribution in [0.3, 0.4) is 0 Å². The number of pyridine rings is 1. The Bertz CT molecular complexity index is 1320. The lowest BCUT2D eigenvalue weighted by Crippen LogP contribution is -2.31. The molecule has 37 heavy (non-hydrogen) atoms. The van der Waals surface area contributed by atoms with E-state index in [2.05, 4.69) is 80.9 Å². The van der Waals surface area contributed by atoms with Gasteiger partial charge in [0.2, 0.25) is 0 Å². The summed E-state index contributed by atoms with van der Waals surface area (Å²) in [4.78, 5) is 24.1. The highest BCUT2D eigenvalue weighted by atomic mass is 16.1. The van der Waals surface area contributed by atoms with E-state index in [0.29, 0.717) is 5.82 Å². The first-order valence-electron chi connectivity index (χ1n) is 13.4. The molecule has 0 radical (unpaired) electrons. The lowest BCUT2D eigenvalue weighted by atomic mass is 9.98. The second-order valence-corrected chi connectivity index (χ2v) is 9.79. The minimum atomic E-state index is -0.0389. The third-order valence-corrected chi connectivity index (χ3v) is 6.75. The van der Waals surface area contributed by atoms with Gasteiger partial charge in [-0.25, -0.2) is 4.98 Å². The van der Waals surface area contributed by atoms with E-state index in [4.69, 9.17) is 4.98 Å². The van der Waals surface area contributed by atoms with Gasteiger partial charge in [-0.15, -0.1) is 0 Å². The molecule has 0 atom stereocenters. The molecule has 3 heterocycles. The van der Waals surface area contributed by atoms with Gasteiger partial charge in [0.25, 0.3) is 5.56 Å². The molecule has 3 rings (SSSR count). The molecule has 2 aromatic heterocycles. The van der Waals surface area contributed by atoms with Crippen LogP contribution in [0, 0.1) is 6.92 Å². The van der Waals surface area contributed by atoms with Crippen LogP contribution in [0.25, 0.3) is 11.6 Å². The molecule has 1 aliphatic rings. The molecule has 0 bridgehead atoms. The average Bonchev–Trinajstić information content (AvgIpc) is 2.88. The van der Waals surface area contributed by atoms with Gasteiger partial charge in [-0.2, -0.15) is 0 Å². The first-order chi connectivity index (χ1) is 17.8. The van der Waals surface area contributed by atoms with E-state index < -0.39 is 0 Å². The zero-order valence-electron chi connectivity index (χ0n) is 23.6. The van der Waals surface area contributed by atoms with Crippen LogP contribution in [0.15, 0.2) is 70.3 Å². The average molecular weight is 499 g/mol. The highest BCUT2D eigenvalue weighted by molar-refractivity contribution is 5.74. The fourth-order valence-corrected chi connectivity index (χ4v) is 4.62. The Balaban J connectivity index is 1.88. The maximum atomic E-state index is 12.3. The van der Waals surface area contributed by atoms with Crippen molar-refractivity contribution in [3.63, 3.8) is 0 Å². The molecule has 0 amide bonds. The largest absolute Gasteiger partial charge is 0.367 e. The Morgan fingerprint density at radius 1 is 1.14 bits per heavy atom. The number of hydrogen-bond donors (Lipinski definition) is 0. The summed E-state index contributed by atoms with van der Waals surface area (Å²) in [6.45, 7) is 14.3. The van der Waals surface area contributed by atoms with Crippen LogP contribution in [0.5, 0.6) is 0 Å². The Labute approximate surface area is 222 Å². The van der Waals surface area contributed by atoms with Gasteiger partial charge in [0, 0.05) is 61.5 Å². The molecule has 0 spiro atoms. The van der Waals surface area contributed by atoms with Crippen LogP contribution >= 0.6 is 0 Å². The summed E-state index contributed by atoms with van der Waals surface area (Å²) >= 11 is 0. The Hall–Kier alpha value is -3.47. The quantitative estimate of drug-likeness (QED) is 0.351. The van der Waals surface area contributed by atoms with E-state index in [1.54, 1.807) is 17.7 Å². The number of aryl methyl sites for hydroxylation is 1. The summed E-state index contributed by atoms with van der Waals surface area (Å²) in [6.07, 6.45) is 19.2. The van der Waals surface area contributed by atoms with Crippen LogP contribution in [-0.4, -0.2) is 26.0 Å². The summed E-state index contributed by atoms with van der Waals surface area (Å²) < 4.78 is 1.60. The summed E-state index contributed by atoms with van der Waals surface area (Å²) in [7, 11) is 1.77. The molecule has 0 aliphatic carbocycles. The Morgan fingerprint density at radius 2 is 1.92 bits per heavy atom. The highest BCUT2D eigenvalue weighted by Gasteiger charge is 2.21. The minimum Gasteiger partial charge on any atom is -0.367 e. The van der Waals surface area contributed by atoms with Gasteiger partial charge >= 0.3 is 0 Å². The number of nitrogens with zero attached hydrogens (tertiary/aromatic N) is 4. The predicted molar refractivity (Wildman–Crippen MR) is 156 cm³/mol. The molecule has 2 aromatic rings. The van der Waals surface area contributed by atoms with Crippen LogP contribution in [0.2, 0.25) is 0 Å². The van der Waals surface area contributed by atoms with E-state index in [0.717, 1.165) is 55.6 Å². The van der Waals surface area contributed by atoms with E-state index in [-0.39, 0.29) is 5.56 Å². The van der Waals surface area contributed by atoms with Gasteiger partial charge in [-0.05, 0) is 69.4 Å². The molecule has 0 fully saturated rings. The van der Waals surface area contributed by atoms with Crippen molar-refractivity contribution in [2.45, 2.75) is 73.8 Å². The molecule has 196 valence electrons. The van der Waals surface area contributed by atoms with Crippen LogP contribution in [0.4, 0.5) is 0 Å². The third kappa shape index (κ3) is 7.28. The number of allylic oxidation sites excluding steroid dienone is 8. The van der Waals surface area contributed by atoms with E-state index in [1.807, 2.05) is 19.2 Å². The van der Waals surface area contributed by atoms with Crippen LogP contribution in [-0.2, 0) is 20.0 Å². The van der Waals surface area contributed by atoms with Crippen molar-refractivity contribution in [1.82, 2.24) is 19.4 Å². The van der Waals surface area contributed by atoms with Crippen molar-refractivity contribution in [2.75, 3.05) is 6.54 Å². The first-order valence-corrected chi connectivity index (χ1v) is 13.4. The number of unbranched alkanes of at least 4 members (excludes halogenated alkanes) is 1. The maximum absolute atomic E-state index is 12.3. The van der Waals surface area contributed by atoms with Crippen molar-refractivity contribution in [1.29, 1.82) is 0 Å². The lowest BCUT2D eigenvalue weighted by Gasteiger charge is -2.33. The molecule has 0 saturated heterocycles. The molecule has 0 aromatic carbocycles. The van der Waals surface area contributed by atoms with Crippen molar-refractivity contribution in [2.24, 2.45) is 7.05 Å². The first kappa shape index (κ1) is 28.1. The predicted octanol–water partition coefficient (Wildman–Crippen LogP) is 6.95. The van der Waals surface area contributed by atoms with E-state index in [9.17, 15) is 4.79 Å². The molecule has 0 N–H and O–H groups in total. The van der Waals surface area contributed by atoms with Crippen molar-refractivity contribution in [3.05, 3.63) is 104 Å². The molecule has 1 aliphatic heterocycles. The highest BCUT2D eigenvalue weighted by Crippen LogP contribution is 2.28. The number of hydrogen-bond acceptors (Lipinski definition) is 4. The van der Waals surface area contributed by atoms with Gasteiger partial charge in [-0.3, -0.25) is 14.3 Å². The zero-order chi connectivity index (χ0) is 26.9. The van der Waals surface area contributed by atoms with Crippen molar-refractivity contribution >= 4 is 11.6 Å². The Morgan fingerprint density at radius 3 is 2.62 bits per heavy atom. The monoisotopic (exact) mass is 498 g/mol. The molecule has 5 nitrogen and oxygen atoms in total. The van der Waals surface area contributed by atoms with Gasteiger partial charge in [0.05, 0.1) is 0 Å². The number of rotatable bonds is 9. The lowest BCUT2D eigenvalue weighted by molar-refractivity contribution is 0.324. The van der Waals surface area contributed by atoms with Crippen LogP contribution < -0.4 is 5.56 Å². The smallest absolute Gasteiger partial charge is 0.253 e. The van der Waals surface area contributed by atoms with E-state index in [1.165, 1.54) is 28.1 Å². The third-order valence-electron chi connectivity index (χ3n) is 6.75. The van der Waals surface area contributed by atoms with Crippen molar-refractivity contribution in [3.8, 4) is 0 Å². The van der Waals surface area contributed by atoms with Gasteiger partial charge in [-0.1, -0.05) is 56.2 Å².